The minimum atomic E-state index is -1.53. The predicted molar refractivity (Wildman–Crippen MR) is 105 cm³/mol. The summed E-state index contributed by atoms with van der Waals surface area (Å²) < 4.78 is 10.8. The van der Waals surface area contributed by atoms with Gasteiger partial charge in [-0.15, -0.1) is 0 Å². The number of aromatic carboxylic acids is 1. The molecule has 2 aromatic carbocycles. The highest BCUT2D eigenvalue weighted by atomic mass is 16.7. The highest BCUT2D eigenvalue weighted by Gasteiger charge is 2.44. The molecule has 9 heteroatoms. The number of rotatable bonds is 6. The van der Waals surface area contributed by atoms with Gasteiger partial charge in [0.15, 0.2) is 0 Å². The summed E-state index contributed by atoms with van der Waals surface area (Å²) in [5.74, 6) is -1.26. The average molecular weight is 418 g/mol. The molecule has 0 unspecified atom stereocenters. The fourth-order valence-corrected chi connectivity index (χ4v) is 3.07. The van der Waals surface area contributed by atoms with Gasteiger partial charge < -0.3 is 40.1 Å². The Balaban J connectivity index is 1.71. The number of aliphatic hydroxyl groups excluding tert-OH is 4. The molecule has 6 N–H and O–H groups in total. The summed E-state index contributed by atoms with van der Waals surface area (Å²) in [6.07, 6.45) is -3.66. The van der Waals surface area contributed by atoms with Gasteiger partial charge >= 0.3 is 5.97 Å². The van der Waals surface area contributed by atoms with E-state index in [1.54, 1.807) is 48.6 Å². The van der Waals surface area contributed by atoms with E-state index in [0.29, 0.717) is 16.9 Å². The number of phenols is 1. The van der Waals surface area contributed by atoms with Gasteiger partial charge in [-0.1, -0.05) is 36.4 Å². The lowest BCUT2D eigenvalue weighted by atomic mass is 9.99. The number of ether oxygens (including phenoxy) is 2. The van der Waals surface area contributed by atoms with Crippen molar-refractivity contribution in [2.45, 2.75) is 30.7 Å². The van der Waals surface area contributed by atoms with Crippen LogP contribution in [0.3, 0.4) is 0 Å². The molecule has 9 nitrogen and oxygen atoms in total. The first-order chi connectivity index (χ1) is 14.3. The number of hydrogen-bond donors (Lipinski definition) is 6. The van der Waals surface area contributed by atoms with Crippen LogP contribution in [-0.4, -0.2) is 73.9 Å². The number of benzene rings is 2. The minimum absolute atomic E-state index is 0.198. The molecule has 1 aliphatic rings. The molecule has 2 aromatic rings. The van der Waals surface area contributed by atoms with Crippen LogP contribution in [0.5, 0.6) is 11.5 Å². The van der Waals surface area contributed by atoms with Crippen LogP contribution in [0, 0.1) is 0 Å². The van der Waals surface area contributed by atoms with Gasteiger partial charge in [-0.25, -0.2) is 4.79 Å². The van der Waals surface area contributed by atoms with Crippen molar-refractivity contribution in [3.05, 3.63) is 59.2 Å². The second kappa shape index (κ2) is 9.24. The molecule has 30 heavy (non-hydrogen) atoms. The molecule has 0 saturated carbocycles. The van der Waals surface area contributed by atoms with Crippen molar-refractivity contribution < 1.29 is 44.9 Å². The summed E-state index contributed by atoms with van der Waals surface area (Å²) in [4.78, 5) is 11.3. The Morgan fingerprint density at radius 2 is 1.70 bits per heavy atom. The van der Waals surface area contributed by atoms with Crippen molar-refractivity contribution in [1.29, 1.82) is 0 Å². The Kier molecular flexibility index (Phi) is 6.70. The summed E-state index contributed by atoms with van der Waals surface area (Å²) in [6.45, 7) is -0.554. The second-order valence-electron chi connectivity index (χ2n) is 6.76. The van der Waals surface area contributed by atoms with E-state index < -0.39 is 43.3 Å². The monoisotopic (exact) mass is 418 g/mol. The van der Waals surface area contributed by atoms with Crippen LogP contribution in [0.15, 0.2) is 42.5 Å². The molecule has 0 aromatic heterocycles. The van der Waals surface area contributed by atoms with Gasteiger partial charge in [-0.3, -0.25) is 0 Å². The van der Waals surface area contributed by atoms with Gasteiger partial charge in [0, 0.05) is 0 Å². The number of carboxylic acids is 1. The number of hydrogen-bond acceptors (Lipinski definition) is 8. The molecule has 3 rings (SSSR count). The molecule has 1 heterocycles. The highest BCUT2D eigenvalue weighted by Crippen LogP contribution is 2.26. The van der Waals surface area contributed by atoms with E-state index in [1.807, 2.05) is 0 Å². The zero-order valence-electron chi connectivity index (χ0n) is 15.7. The van der Waals surface area contributed by atoms with Crippen molar-refractivity contribution in [3.63, 3.8) is 0 Å². The number of carbonyl (C=O) groups is 1. The van der Waals surface area contributed by atoms with Crippen molar-refractivity contribution in [3.8, 4) is 11.5 Å². The maximum Gasteiger partial charge on any atom is 0.340 e. The van der Waals surface area contributed by atoms with E-state index in [4.69, 9.17) is 9.47 Å². The zero-order valence-corrected chi connectivity index (χ0v) is 15.7. The van der Waals surface area contributed by atoms with E-state index in [0.717, 1.165) is 0 Å². The third kappa shape index (κ3) is 4.61. The molecule has 1 fully saturated rings. The van der Waals surface area contributed by atoms with Crippen LogP contribution in [0.4, 0.5) is 0 Å². The summed E-state index contributed by atoms with van der Waals surface area (Å²) in [6, 6.07) is 10.9. The van der Waals surface area contributed by atoms with Crippen LogP contribution in [0.1, 0.15) is 21.5 Å². The van der Waals surface area contributed by atoms with Gasteiger partial charge in [-0.2, -0.15) is 0 Å². The first kappa shape index (κ1) is 21.8. The lowest BCUT2D eigenvalue weighted by molar-refractivity contribution is -0.277. The molecule has 0 spiro atoms. The number of aromatic hydroxyl groups is 1. The summed E-state index contributed by atoms with van der Waals surface area (Å²) >= 11 is 0. The van der Waals surface area contributed by atoms with E-state index in [-0.39, 0.29) is 11.3 Å². The Hall–Kier alpha value is -2.95. The smallest absolute Gasteiger partial charge is 0.340 e. The first-order valence-electron chi connectivity index (χ1n) is 9.12. The van der Waals surface area contributed by atoms with Crippen LogP contribution in [0.25, 0.3) is 12.2 Å². The fraction of sp³-hybridized carbons (Fsp3) is 0.286. The maximum absolute atomic E-state index is 11.3. The molecular formula is C21H22O9. The summed E-state index contributed by atoms with van der Waals surface area (Å²) in [5.41, 5.74) is 0.844. The maximum atomic E-state index is 11.3. The largest absolute Gasteiger partial charge is 0.507 e. The van der Waals surface area contributed by atoms with Crippen molar-refractivity contribution in [1.82, 2.24) is 0 Å². The molecule has 0 radical (unpaired) electrons. The van der Waals surface area contributed by atoms with Gasteiger partial charge in [0.2, 0.25) is 6.29 Å². The normalized spacial score (nSPS) is 26.6. The van der Waals surface area contributed by atoms with Gasteiger partial charge in [-0.05, 0) is 29.3 Å². The highest BCUT2D eigenvalue weighted by molar-refractivity contribution is 5.96. The van der Waals surface area contributed by atoms with E-state index in [1.165, 1.54) is 6.07 Å². The minimum Gasteiger partial charge on any atom is -0.507 e. The molecule has 5 atom stereocenters. The number of carboxylic acid groups (broad SMARTS) is 1. The van der Waals surface area contributed by atoms with Crippen LogP contribution in [-0.2, 0) is 4.74 Å². The Morgan fingerprint density at radius 3 is 2.33 bits per heavy atom. The van der Waals surface area contributed by atoms with Crippen LogP contribution < -0.4 is 4.74 Å². The zero-order chi connectivity index (χ0) is 21.8. The van der Waals surface area contributed by atoms with Gasteiger partial charge in [0.25, 0.3) is 0 Å². The molecule has 160 valence electrons. The molecule has 0 amide bonds. The predicted octanol–water partition coefficient (Wildman–Crippen LogP) is 0.439. The van der Waals surface area contributed by atoms with Gasteiger partial charge in [0.05, 0.1) is 6.61 Å². The lowest BCUT2D eigenvalue weighted by Crippen LogP contribution is -2.60. The summed E-state index contributed by atoms with van der Waals surface area (Å²) in [7, 11) is 0. The van der Waals surface area contributed by atoms with E-state index in [2.05, 4.69) is 0 Å². The summed E-state index contributed by atoms with van der Waals surface area (Å²) in [5, 5.41) is 57.8. The molecule has 0 aliphatic carbocycles. The molecular weight excluding hydrogens is 396 g/mol. The Labute approximate surface area is 171 Å². The quantitative estimate of drug-likeness (QED) is 0.366. The van der Waals surface area contributed by atoms with Crippen LogP contribution >= 0.6 is 0 Å². The first-order valence-corrected chi connectivity index (χ1v) is 9.12. The molecule has 1 aliphatic heterocycles. The SMILES string of the molecule is O=C(O)c1c(O)cccc1/C=C/c1ccc(O[C@H]2O[C@@H](CO)[C@H](O)[C@@H](O)[C@@H]2O)cc1. The second-order valence-corrected chi connectivity index (χ2v) is 6.76. The van der Waals surface area contributed by atoms with Crippen molar-refractivity contribution in [2.24, 2.45) is 0 Å². The molecule has 1 saturated heterocycles. The Morgan fingerprint density at radius 1 is 1.00 bits per heavy atom. The van der Waals surface area contributed by atoms with Crippen molar-refractivity contribution in [2.75, 3.05) is 6.61 Å². The van der Waals surface area contributed by atoms with E-state index in [9.17, 15) is 35.4 Å². The number of aliphatic hydroxyl groups is 4. The van der Waals surface area contributed by atoms with Crippen LogP contribution in [0.2, 0.25) is 0 Å². The van der Waals surface area contributed by atoms with Gasteiger partial charge in [0.1, 0.15) is 41.5 Å². The fourth-order valence-electron chi connectivity index (χ4n) is 3.07. The Bertz CT molecular complexity index is 907. The third-order valence-electron chi connectivity index (χ3n) is 4.72. The standard InChI is InChI=1S/C21H22O9/c22-10-15-17(24)18(25)19(26)21(30-15)29-13-8-5-11(6-9-13)4-7-12-2-1-3-14(23)16(12)20(27)28/h1-9,15,17-19,21-26H,10H2,(H,27,28)/b7-4+/t15-,17-,18+,19-,21-/m0/s1. The molecule has 0 bridgehead atoms. The third-order valence-corrected chi connectivity index (χ3v) is 4.72. The van der Waals surface area contributed by atoms with Crippen molar-refractivity contribution >= 4 is 18.1 Å². The topological polar surface area (TPSA) is 157 Å². The lowest BCUT2D eigenvalue weighted by Gasteiger charge is -2.39. The average Bonchev–Trinajstić information content (AvgIpc) is 2.73. The van der Waals surface area contributed by atoms with E-state index >= 15 is 0 Å².